The number of nitrogens with zero attached hydrogens (tertiary/aromatic N) is 5. The van der Waals surface area contributed by atoms with E-state index >= 15 is 0 Å². The van der Waals surface area contributed by atoms with Gasteiger partial charge in [-0.3, -0.25) is 0 Å². The van der Waals surface area contributed by atoms with Crippen molar-refractivity contribution in [2.24, 2.45) is 0 Å². The topological polar surface area (TPSA) is 103 Å². The highest BCUT2D eigenvalue weighted by Crippen LogP contribution is 2.35. The summed E-state index contributed by atoms with van der Waals surface area (Å²) in [6, 6.07) is 16.0. The summed E-state index contributed by atoms with van der Waals surface area (Å²) in [6.45, 7) is 1.46. The Morgan fingerprint density at radius 3 is 2.66 bits per heavy atom. The normalized spacial score (nSPS) is 18.0. The smallest absolute Gasteiger partial charge is 0.230 e. The Balaban J connectivity index is 1.20. The number of hydrogen-bond acceptors (Lipinski definition) is 8. The van der Waals surface area contributed by atoms with E-state index in [1.807, 2.05) is 30.3 Å². The van der Waals surface area contributed by atoms with Crippen molar-refractivity contribution < 1.29 is 13.5 Å². The zero-order valence-corrected chi connectivity index (χ0v) is 19.7. The van der Waals surface area contributed by atoms with Crippen molar-refractivity contribution in [2.75, 3.05) is 29.1 Å². The van der Waals surface area contributed by atoms with Crippen molar-refractivity contribution in [1.82, 2.24) is 20.1 Å². The molecule has 4 aromatic rings. The SMILES string of the molecule is [O-][S+]1CCc2nc(N3CCC(c4nc(-c5ccccc5)no4)CC3)nc(Nc3cccc(F)c3)c21. The number of fused-ring (bicyclic) bond motifs is 1. The maximum absolute atomic E-state index is 13.7. The summed E-state index contributed by atoms with van der Waals surface area (Å²) in [5.41, 5.74) is 2.28. The number of nitrogens with one attached hydrogen (secondary N) is 1. The number of benzene rings is 2. The Labute approximate surface area is 204 Å². The maximum atomic E-state index is 13.7. The number of aromatic nitrogens is 4. The van der Waals surface area contributed by atoms with Gasteiger partial charge < -0.3 is 19.3 Å². The van der Waals surface area contributed by atoms with Crippen molar-refractivity contribution in [3.8, 4) is 11.4 Å². The number of piperidine rings is 1. The van der Waals surface area contributed by atoms with Crippen LogP contribution in [0, 0.1) is 5.82 Å². The molecule has 0 amide bonds. The largest absolute Gasteiger partial charge is 0.611 e. The summed E-state index contributed by atoms with van der Waals surface area (Å²) in [7, 11) is 0. The van der Waals surface area contributed by atoms with Gasteiger partial charge in [-0.2, -0.15) is 9.97 Å². The van der Waals surface area contributed by atoms with E-state index in [2.05, 4.69) is 20.4 Å². The second-order valence-electron chi connectivity index (χ2n) is 8.67. The number of halogens is 1. The van der Waals surface area contributed by atoms with E-state index in [0.717, 1.165) is 37.2 Å². The third kappa shape index (κ3) is 4.46. The molecule has 35 heavy (non-hydrogen) atoms. The lowest BCUT2D eigenvalue weighted by Crippen LogP contribution is -2.34. The van der Waals surface area contributed by atoms with Crippen LogP contribution in [0.4, 0.5) is 21.8 Å². The standard InChI is InChI=1S/C25H23FN6O2S/c26-18-7-4-8-19(15-18)27-23-21-20(11-14-35(21)33)28-25(30-23)32-12-9-17(10-13-32)24-29-22(31-34-24)16-5-2-1-3-6-16/h1-8,15,17H,9-14H2,(H,27,28,30). The Hall–Kier alpha value is -3.50. The van der Waals surface area contributed by atoms with Gasteiger partial charge in [0.1, 0.15) is 17.3 Å². The Kier molecular flexibility index (Phi) is 5.83. The molecule has 178 valence electrons. The molecule has 2 aromatic heterocycles. The predicted molar refractivity (Wildman–Crippen MR) is 131 cm³/mol. The Morgan fingerprint density at radius 1 is 1.03 bits per heavy atom. The van der Waals surface area contributed by atoms with Gasteiger partial charge in [-0.1, -0.05) is 41.6 Å². The fourth-order valence-corrected chi connectivity index (χ4v) is 5.85. The minimum atomic E-state index is -1.17. The van der Waals surface area contributed by atoms with Gasteiger partial charge in [0.15, 0.2) is 5.82 Å². The third-order valence-electron chi connectivity index (χ3n) is 6.36. The molecule has 2 aliphatic rings. The molecule has 1 unspecified atom stereocenters. The number of anilines is 3. The molecule has 8 nitrogen and oxygen atoms in total. The molecule has 1 atom stereocenters. The number of hydrogen-bond donors (Lipinski definition) is 1. The van der Waals surface area contributed by atoms with Crippen molar-refractivity contribution in [3.63, 3.8) is 0 Å². The highest BCUT2D eigenvalue weighted by atomic mass is 32.2. The van der Waals surface area contributed by atoms with Crippen molar-refractivity contribution in [3.05, 3.63) is 72.0 Å². The van der Waals surface area contributed by atoms with Gasteiger partial charge in [0.05, 0.1) is 0 Å². The Bertz CT molecular complexity index is 1340. The van der Waals surface area contributed by atoms with E-state index in [9.17, 15) is 8.94 Å². The first-order valence-electron chi connectivity index (χ1n) is 11.6. The lowest BCUT2D eigenvalue weighted by Gasteiger charge is -2.30. The highest BCUT2D eigenvalue weighted by Gasteiger charge is 2.34. The number of rotatable bonds is 5. The monoisotopic (exact) mass is 490 g/mol. The molecule has 2 aliphatic heterocycles. The predicted octanol–water partition coefficient (Wildman–Crippen LogP) is 4.46. The molecule has 0 aliphatic carbocycles. The summed E-state index contributed by atoms with van der Waals surface area (Å²) in [4.78, 5) is 16.8. The van der Waals surface area contributed by atoms with Crippen LogP contribution in [0.5, 0.6) is 0 Å². The summed E-state index contributed by atoms with van der Waals surface area (Å²) < 4.78 is 31.9. The summed E-state index contributed by atoms with van der Waals surface area (Å²) in [6.07, 6.45) is 2.29. The zero-order chi connectivity index (χ0) is 23.8. The average molecular weight is 491 g/mol. The van der Waals surface area contributed by atoms with Gasteiger partial charge in [0.2, 0.25) is 22.6 Å². The van der Waals surface area contributed by atoms with Crippen LogP contribution in [0.15, 0.2) is 64.0 Å². The van der Waals surface area contributed by atoms with Crippen LogP contribution in [0.3, 0.4) is 0 Å². The molecular weight excluding hydrogens is 467 g/mol. The second-order valence-corrected chi connectivity index (χ2v) is 10.2. The lowest BCUT2D eigenvalue weighted by molar-refractivity contribution is 0.329. The van der Waals surface area contributed by atoms with E-state index in [-0.39, 0.29) is 11.7 Å². The van der Waals surface area contributed by atoms with E-state index in [1.165, 1.54) is 12.1 Å². The van der Waals surface area contributed by atoms with Crippen molar-refractivity contribution >= 4 is 28.6 Å². The van der Waals surface area contributed by atoms with Crippen LogP contribution in [-0.4, -0.2) is 43.5 Å². The van der Waals surface area contributed by atoms with Crippen molar-refractivity contribution in [2.45, 2.75) is 30.1 Å². The lowest BCUT2D eigenvalue weighted by atomic mass is 9.97. The molecule has 1 saturated heterocycles. The molecule has 0 spiro atoms. The van der Waals surface area contributed by atoms with Gasteiger partial charge in [0, 0.05) is 36.7 Å². The molecular formula is C25H23FN6O2S. The molecule has 0 saturated carbocycles. The summed E-state index contributed by atoms with van der Waals surface area (Å²) in [5.74, 6) is 2.68. The third-order valence-corrected chi connectivity index (χ3v) is 7.82. The molecule has 0 radical (unpaired) electrons. The van der Waals surface area contributed by atoms with Crippen LogP contribution < -0.4 is 10.2 Å². The van der Waals surface area contributed by atoms with Gasteiger partial charge in [-0.15, -0.1) is 0 Å². The van der Waals surface area contributed by atoms with Crippen LogP contribution in [0.1, 0.15) is 30.3 Å². The molecule has 1 N–H and O–H groups in total. The van der Waals surface area contributed by atoms with Gasteiger partial charge in [0.25, 0.3) is 0 Å². The first-order chi connectivity index (χ1) is 17.1. The minimum Gasteiger partial charge on any atom is -0.611 e. The van der Waals surface area contributed by atoms with Gasteiger partial charge in [-0.05, 0) is 42.2 Å². The molecule has 4 heterocycles. The van der Waals surface area contributed by atoms with Crippen molar-refractivity contribution in [1.29, 1.82) is 0 Å². The van der Waals surface area contributed by atoms with E-state index in [1.54, 1.807) is 12.1 Å². The minimum absolute atomic E-state index is 0.169. The van der Waals surface area contributed by atoms with Gasteiger partial charge in [-0.25, -0.2) is 9.37 Å². The average Bonchev–Trinajstić information content (AvgIpc) is 3.52. The quantitative estimate of drug-likeness (QED) is 0.409. The number of aryl methyl sites for hydroxylation is 1. The van der Waals surface area contributed by atoms with Crippen LogP contribution in [0.25, 0.3) is 11.4 Å². The summed E-state index contributed by atoms with van der Waals surface area (Å²) >= 11 is -1.17. The van der Waals surface area contributed by atoms with E-state index in [4.69, 9.17) is 14.5 Å². The van der Waals surface area contributed by atoms with E-state index < -0.39 is 11.2 Å². The maximum Gasteiger partial charge on any atom is 0.230 e. The fourth-order valence-electron chi connectivity index (χ4n) is 4.55. The zero-order valence-electron chi connectivity index (χ0n) is 18.9. The molecule has 0 bridgehead atoms. The van der Waals surface area contributed by atoms with Crippen LogP contribution >= 0.6 is 0 Å². The first kappa shape index (κ1) is 22.0. The van der Waals surface area contributed by atoms with Crippen LogP contribution in [-0.2, 0) is 17.6 Å². The van der Waals surface area contributed by atoms with Crippen LogP contribution in [0.2, 0.25) is 0 Å². The van der Waals surface area contributed by atoms with Gasteiger partial charge >= 0.3 is 0 Å². The summed E-state index contributed by atoms with van der Waals surface area (Å²) in [5, 5.41) is 7.32. The molecule has 6 rings (SSSR count). The highest BCUT2D eigenvalue weighted by molar-refractivity contribution is 7.91. The molecule has 2 aromatic carbocycles. The Morgan fingerprint density at radius 2 is 1.86 bits per heavy atom. The first-order valence-corrected chi connectivity index (χ1v) is 12.9. The fraction of sp³-hybridized carbons (Fsp3) is 0.280. The molecule has 1 fully saturated rings. The second kappa shape index (κ2) is 9.27. The van der Waals surface area contributed by atoms with E-state index in [0.29, 0.717) is 46.2 Å². The molecule has 10 heteroatoms.